The third-order valence-electron chi connectivity index (χ3n) is 3.69. The minimum Gasteiger partial charge on any atom is -0.383 e. The molecule has 1 aliphatic rings. The first-order valence-corrected chi connectivity index (χ1v) is 6.92. The molecule has 1 aliphatic heterocycles. The number of methoxy groups -OCH3 is 1. The number of hydrogen-bond donors (Lipinski definition) is 0. The number of ether oxygens (including phenoxy) is 1. The Kier molecular flexibility index (Phi) is 5.23. The summed E-state index contributed by atoms with van der Waals surface area (Å²) in [5, 5.41) is 21.9. The van der Waals surface area contributed by atoms with Gasteiger partial charge in [-0.3, -0.25) is 25.1 Å². The molecule has 2 rings (SSSR count). The van der Waals surface area contributed by atoms with E-state index in [2.05, 4.69) is 4.90 Å². The lowest BCUT2D eigenvalue weighted by molar-refractivity contribution is -0.393. The van der Waals surface area contributed by atoms with E-state index in [4.69, 9.17) is 4.74 Å². The second-order valence-corrected chi connectivity index (χ2v) is 5.01. The van der Waals surface area contributed by atoms with E-state index >= 15 is 0 Å². The number of piperazine rings is 1. The molecule has 1 saturated heterocycles. The molecular weight excluding hydrogens is 292 g/mol. The maximum atomic E-state index is 11.2. The number of hydrogen-bond acceptors (Lipinski definition) is 7. The minimum absolute atomic E-state index is 0.223. The molecule has 1 fully saturated rings. The fourth-order valence-electron chi connectivity index (χ4n) is 2.47. The van der Waals surface area contributed by atoms with Gasteiger partial charge in [-0.1, -0.05) is 0 Å². The smallest absolute Gasteiger partial charge is 0.299 e. The normalized spacial score (nSPS) is 15.8. The van der Waals surface area contributed by atoms with E-state index in [1.165, 1.54) is 12.1 Å². The summed E-state index contributed by atoms with van der Waals surface area (Å²) in [6, 6.07) is 3.79. The summed E-state index contributed by atoms with van der Waals surface area (Å²) in [6.45, 7) is 4.31. The van der Waals surface area contributed by atoms with Gasteiger partial charge >= 0.3 is 0 Å². The van der Waals surface area contributed by atoms with Gasteiger partial charge in [0.1, 0.15) is 5.69 Å². The molecule has 0 unspecified atom stereocenters. The van der Waals surface area contributed by atoms with Crippen molar-refractivity contribution in [3.63, 3.8) is 0 Å². The molecule has 0 aromatic heterocycles. The van der Waals surface area contributed by atoms with Crippen LogP contribution in [-0.2, 0) is 4.74 Å². The van der Waals surface area contributed by atoms with Crippen LogP contribution in [0.5, 0.6) is 0 Å². The van der Waals surface area contributed by atoms with Crippen LogP contribution in [0.1, 0.15) is 0 Å². The van der Waals surface area contributed by atoms with Gasteiger partial charge in [-0.15, -0.1) is 0 Å². The number of anilines is 1. The first-order chi connectivity index (χ1) is 10.5. The van der Waals surface area contributed by atoms with Crippen molar-refractivity contribution in [3.05, 3.63) is 38.4 Å². The van der Waals surface area contributed by atoms with E-state index < -0.39 is 9.85 Å². The lowest BCUT2D eigenvalue weighted by Gasteiger charge is -2.35. The minimum atomic E-state index is -0.626. The van der Waals surface area contributed by atoms with E-state index in [1.807, 2.05) is 4.90 Å². The molecule has 0 atom stereocenters. The van der Waals surface area contributed by atoms with E-state index in [0.29, 0.717) is 25.4 Å². The molecule has 0 bridgehead atoms. The Morgan fingerprint density at radius 1 is 1.14 bits per heavy atom. The SMILES string of the molecule is COCCN1CCN(c2ccc([N+](=O)[O-])cc2[N+](=O)[O-])CC1. The number of nitro benzene ring substituents is 2. The Labute approximate surface area is 127 Å². The molecule has 0 radical (unpaired) electrons. The van der Waals surface area contributed by atoms with Crippen molar-refractivity contribution in [1.29, 1.82) is 0 Å². The molecule has 1 heterocycles. The van der Waals surface area contributed by atoms with Gasteiger partial charge in [0.25, 0.3) is 11.4 Å². The third-order valence-corrected chi connectivity index (χ3v) is 3.69. The van der Waals surface area contributed by atoms with Crippen molar-refractivity contribution >= 4 is 17.1 Å². The Morgan fingerprint density at radius 3 is 2.36 bits per heavy atom. The molecule has 0 N–H and O–H groups in total. The van der Waals surface area contributed by atoms with Gasteiger partial charge in [0.2, 0.25) is 0 Å². The summed E-state index contributed by atoms with van der Waals surface area (Å²) < 4.78 is 5.03. The van der Waals surface area contributed by atoms with Crippen LogP contribution in [0.3, 0.4) is 0 Å². The van der Waals surface area contributed by atoms with Crippen molar-refractivity contribution in [1.82, 2.24) is 4.90 Å². The van der Waals surface area contributed by atoms with Gasteiger partial charge in [0.05, 0.1) is 22.5 Å². The number of benzene rings is 1. The van der Waals surface area contributed by atoms with Crippen molar-refractivity contribution in [2.75, 3.05) is 51.3 Å². The first-order valence-electron chi connectivity index (χ1n) is 6.92. The molecule has 0 spiro atoms. The average molecular weight is 310 g/mol. The highest BCUT2D eigenvalue weighted by Crippen LogP contribution is 2.32. The fraction of sp³-hybridized carbons (Fsp3) is 0.538. The van der Waals surface area contributed by atoms with Crippen LogP contribution >= 0.6 is 0 Å². The Balaban J connectivity index is 2.12. The van der Waals surface area contributed by atoms with Crippen LogP contribution in [0.25, 0.3) is 0 Å². The van der Waals surface area contributed by atoms with E-state index in [-0.39, 0.29) is 11.4 Å². The summed E-state index contributed by atoms with van der Waals surface area (Å²) in [4.78, 5) is 24.8. The summed E-state index contributed by atoms with van der Waals surface area (Å²) >= 11 is 0. The molecule has 0 aliphatic carbocycles. The molecule has 1 aromatic carbocycles. The number of rotatable bonds is 6. The van der Waals surface area contributed by atoms with Crippen LogP contribution in [0.15, 0.2) is 18.2 Å². The highest BCUT2D eigenvalue weighted by atomic mass is 16.6. The quantitative estimate of drug-likeness (QED) is 0.576. The topological polar surface area (TPSA) is 102 Å². The lowest BCUT2D eigenvalue weighted by atomic mass is 10.2. The van der Waals surface area contributed by atoms with Crippen LogP contribution in [0.2, 0.25) is 0 Å². The Morgan fingerprint density at radius 2 is 1.82 bits per heavy atom. The van der Waals surface area contributed by atoms with Gasteiger partial charge in [0.15, 0.2) is 0 Å². The molecule has 0 amide bonds. The molecule has 9 heteroatoms. The maximum Gasteiger partial charge on any atom is 0.299 e. The monoisotopic (exact) mass is 310 g/mol. The summed E-state index contributed by atoms with van der Waals surface area (Å²) in [6.07, 6.45) is 0. The fourth-order valence-corrected chi connectivity index (χ4v) is 2.47. The van der Waals surface area contributed by atoms with Crippen LogP contribution in [0, 0.1) is 20.2 Å². The first kappa shape index (κ1) is 16.1. The van der Waals surface area contributed by atoms with Crippen molar-refractivity contribution in [2.24, 2.45) is 0 Å². The van der Waals surface area contributed by atoms with Gasteiger partial charge in [-0.05, 0) is 6.07 Å². The predicted octanol–water partition coefficient (Wildman–Crippen LogP) is 1.27. The number of nitro groups is 2. The molecule has 0 saturated carbocycles. The Hall–Kier alpha value is -2.26. The molecular formula is C13H18N4O5. The van der Waals surface area contributed by atoms with E-state index in [9.17, 15) is 20.2 Å². The van der Waals surface area contributed by atoms with E-state index in [1.54, 1.807) is 7.11 Å². The highest BCUT2D eigenvalue weighted by molar-refractivity contribution is 5.67. The number of non-ortho nitro benzene ring substituents is 1. The molecule has 22 heavy (non-hydrogen) atoms. The van der Waals surface area contributed by atoms with Crippen LogP contribution in [-0.4, -0.2) is 61.2 Å². The zero-order chi connectivity index (χ0) is 16.1. The van der Waals surface area contributed by atoms with Crippen molar-refractivity contribution in [2.45, 2.75) is 0 Å². The third kappa shape index (κ3) is 3.68. The second kappa shape index (κ2) is 7.14. The zero-order valence-electron chi connectivity index (χ0n) is 12.3. The highest BCUT2D eigenvalue weighted by Gasteiger charge is 2.26. The van der Waals surface area contributed by atoms with Gasteiger partial charge in [0, 0.05) is 45.9 Å². The zero-order valence-corrected chi connectivity index (χ0v) is 12.3. The van der Waals surface area contributed by atoms with Crippen LogP contribution in [0.4, 0.5) is 17.1 Å². The second-order valence-electron chi connectivity index (χ2n) is 5.01. The van der Waals surface area contributed by atoms with Crippen molar-refractivity contribution < 1.29 is 14.6 Å². The average Bonchev–Trinajstić information content (AvgIpc) is 2.52. The van der Waals surface area contributed by atoms with Crippen molar-refractivity contribution in [3.8, 4) is 0 Å². The standard InChI is InChI=1S/C13H18N4O5/c1-22-9-8-14-4-6-15(7-5-14)12-3-2-11(16(18)19)10-13(12)17(20)21/h2-3,10H,4-9H2,1H3. The molecule has 1 aromatic rings. The van der Waals surface area contributed by atoms with Gasteiger partial charge in [-0.2, -0.15) is 0 Å². The van der Waals surface area contributed by atoms with Gasteiger partial charge < -0.3 is 9.64 Å². The Bertz CT molecular complexity index is 557. The summed E-state index contributed by atoms with van der Waals surface area (Å²) in [5.74, 6) is 0. The van der Waals surface area contributed by atoms with Gasteiger partial charge in [-0.25, -0.2) is 0 Å². The summed E-state index contributed by atoms with van der Waals surface area (Å²) in [7, 11) is 1.65. The largest absolute Gasteiger partial charge is 0.383 e. The summed E-state index contributed by atoms with van der Waals surface area (Å²) in [5.41, 5.74) is -0.0595. The predicted molar refractivity (Wildman–Crippen MR) is 80.3 cm³/mol. The maximum absolute atomic E-state index is 11.2. The van der Waals surface area contributed by atoms with E-state index in [0.717, 1.165) is 25.7 Å². The number of nitrogens with zero attached hydrogens (tertiary/aromatic N) is 4. The molecule has 9 nitrogen and oxygen atoms in total. The molecule has 120 valence electrons. The lowest BCUT2D eigenvalue weighted by Crippen LogP contribution is -2.47. The van der Waals surface area contributed by atoms with Crippen LogP contribution < -0.4 is 4.90 Å².